The van der Waals surface area contributed by atoms with Gasteiger partial charge in [0.1, 0.15) is 0 Å². The third kappa shape index (κ3) is 0.829. The van der Waals surface area contributed by atoms with Crippen LogP contribution in [0.2, 0.25) is 0 Å². The monoisotopic (exact) mass is 169 g/mol. The molecule has 0 aromatic heterocycles. The highest BCUT2D eigenvalue weighted by molar-refractivity contribution is 5.67. The lowest BCUT2D eigenvalue weighted by atomic mass is 9.47. The molecule has 3 nitrogen and oxygen atoms in total. The van der Waals surface area contributed by atoms with Gasteiger partial charge in [-0.25, -0.2) is 0 Å². The fraction of sp³-hybridized carbons (Fsp3) is 0.889. The van der Waals surface area contributed by atoms with E-state index in [1.165, 1.54) is 0 Å². The van der Waals surface area contributed by atoms with E-state index >= 15 is 0 Å². The summed E-state index contributed by atoms with van der Waals surface area (Å²) < 4.78 is 0. The van der Waals surface area contributed by atoms with Crippen LogP contribution >= 0.6 is 0 Å². The van der Waals surface area contributed by atoms with Gasteiger partial charge in [-0.1, -0.05) is 6.92 Å². The molecule has 0 aliphatic heterocycles. The minimum absolute atomic E-state index is 0.0353. The van der Waals surface area contributed by atoms with Crippen LogP contribution in [0.25, 0.3) is 0 Å². The smallest absolute Gasteiger partial charge is 0.0577 e. The Labute approximate surface area is 72.1 Å². The predicted octanol–water partition coefficient (Wildman–Crippen LogP) is 1.24. The molecule has 4 atom stereocenters. The van der Waals surface area contributed by atoms with Crippen LogP contribution in [0, 0.1) is 17.3 Å². The molecule has 12 heavy (non-hydrogen) atoms. The lowest BCUT2D eigenvalue weighted by Crippen LogP contribution is -2.57. The summed E-state index contributed by atoms with van der Waals surface area (Å²) >= 11 is 0. The normalized spacial score (nSPS) is 52.3. The Kier molecular flexibility index (Phi) is 1.65. The molecule has 3 rings (SSSR count). The Bertz CT molecular complexity index is 215. The summed E-state index contributed by atoms with van der Waals surface area (Å²) in [5, 5.41) is 21.2. The molecule has 0 amide bonds. The molecule has 3 aliphatic carbocycles. The van der Waals surface area contributed by atoms with Gasteiger partial charge in [-0.2, -0.15) is 0 Å². The minimum Gasteiger partial charge on any atom is -0.411 e. The molecule has 4 unspecified atom stereocenters. The van der Waals surface area contributed by atoms with Crippen LogP contribution in [-0.2, 0) is 0 Å². The van der Waals surface area contributed by atoms with Crippen molar-refractivity contribution in [1.82, 2.24) is 0 Å². The van der Waals surface area contributed by atoms with Crippen LogP contribution in [0.15, 0.2) is 5.16 Å². The zero-order valence-electron chi connectivity index (χ0n) is 7.27. The SMILES string of the molecule is CC1(C=NO)C2CCC(O)C1C2. The van der Waals surface area contributed by atoms with E-state index in [9.17, 15) is 5.11 Å². The molecule has 3 saturated carbocycles. The highest BCUT2D eigenvalue weighted by Crippen LogP contribution is 2.58. The number of rotatable bonds is 1. The predicted molar refractivity (Wildman–Crippen MR) is 45.2 cm³/mol. The van der Waals surface area contributed by atoms with E-state index in [0.717, 1.165) is 19.3 Å². The van der Waals surface area contributed by atoms with Gasteiger partial charge >= 0.3 is 0 Å². The van der Waals surface area contributed by atoms with Gasteiger partial charge in [0, 0.05) is 5.41 Å². The van der Waals surface area contributed by atoms with Crippen molar-refractivity contribution in [1.29, 1.82) is 0 Å². The average molecular weight is 169 g/mol. The van der Waals surface area contributed by atoms with Gasteiger partial charge in [-0.3, -0.25) is 0 Å². The Morgan fingerprint density at radius 2 is 2.25 bits per heavy atom. The van der Waals surface area contributed by atoms with Crippen LogP contribution in [0.3, 0.4) is 0 Å². The van der Waals surface area contributed by atoms with E-state index in [0.29, 0.717) is 11.8 Å². The number of aliphatic hydroxyl groups excluding tert-OH is 1. The highest BCUT2D eigenvalue weighted by Gasteiger charge is 2.56. The quantitative estimate of drug-likeness (QED) is 0.352. The van der Waals surface area contributed by atoms with Crippen molar-refractivity contribution in [3.05, 3.63) is 0 Å². The van der Waals surface area contributed by atoms with Gasteiger partial charge in [-0.15, -0.1) is 5.16 Å². The summed E-state index contributed by atoms with van der Waals surface area (Å²) in [4.78, 5) is 0. The highest BCUT2D eigenvalue weighted by atomic mass is 16.4. The van der Waals surface area contributed by atoms with Gasteiger partial charge in [0.15, 0.2) is 0 Å². The molecular formula is C9H15NO2. The van der Waals surface area contributed by atoms with Crippen LogP contribution in [0.5, 0.6) is 0 Å². The molecule has 3 heteroatoms. The Hall–Kier alpha value is -0.570. The molecule has 0 heterocycles. The van der Waals surface area contributed by atoms with E-state index in [2.05, 4.69) is 12.1 Å². The number of hydrogen-bond acceptors (Lipinski definition) is 3. The van der Waals surface area contributed by atoms with Crippen LogP contribution in [-0.4, -0.2) is 22.6 Å². The number of aliphatic hydroxyl groups is 1. The first-order valence-corrected chi connectivity index (χ1v) is 4.55. The van der Waals surface area contributed by atoms with E-state index < -0.39 is 0 Å². The molecule has 2 N–H and O–H groups in total. The summed E-state index contributed by atoms with van der Waals surface area (Å²) in [5.41, 5.74) is -0.0353. The first-order chi connectivity index (χ1) is 5.68. The third-order valence-corrected chi connectivity index (χ3v) is 3.83. The zero-order valence-corrected chi connectivity index (χ0v) is 7.27. The van der Waals surface area contributed by atoms with Crippen molar-refractivity contribution in [3.8, 4) is 0 Å². The zero-order chi connectivity index (χ0) is 8.77. The van der Waals surface area contributed by atoms with Crippen molar-refractivity contribution in [2.24, 2.45) is 22.4 Å². The maximum absolute atomic E-state index is 9.63. The molecule has 68 valence electrons. The maximum atomic E-state index is 9.63. The molecule has 0 spiro atoms. The molecule has 3 aliphatic rings. The second-order valence-electron chi connectivity index (χ2n) is 4.29. The Morgan fingerprint density at radius 1 is 1.50 bits per heavy atom. The second-order valence-corrected chi connectivity index (χ2v) is 4.29. The van der Waals surface area contributed by atoms with Gasteiger partial charge < -0.3 is 10.3 Å². The largest absolute Gasteiger partial charge is 0.411 e. The summed E-state index contributed by atoms with van der Waals surface area (Å²) in [6, 6.07) is 0. The molecule has 0 aromatic carbocycles. The van der Waals surface area contributed by atoms with Crippen molar-refractivity contribution < 1.29 is 10.3 Å². The summed E-state index contributed by atoms with van der Waals surface area (Å²) in [7, 11) is 0. The van der Waals surface area contributed by atoms with Crippen molar-refractivity contribution in [3.63, 3.8) is 0 Å². The lowest BCUT2D eigenvalue weighted by molar-refractivity contribution is -0.109. The van der Waals surface area contributed by atoms with Crippen LogP contribution < -0.4 is 0 Å². The fourth-order valence-corrected chi connectivity index (χ4v) is 2.86. The Morgan fingerprint density at radius 3 is 2.75 bits per heavy atom. The maximum Gasteiger partial charge on any atom is 0.0577 e. The minimum atomic E-state index is -0.182. The van der Waals surface area contributed by atoms with Gasteiger partial charge in [0.25, 0.3) is 0 Å². The molecular weight excluding hydrogens is 154 g/mol. The van der Waals surface area contributed by atoms with Crippen molar-refractivity contribution in [2.45, 2.75) is 32.3 Å². The molecule has 2 bridgehead atoms. The third-order valence-electron chi connectivity index (χ3n) is 3.83. The average Bonchev–Trinajstić information content (AvgIpc) is 2.04. The molecule has 3 fully saturated rings. The number of oxime groups is 1. The van der Waals surface area contributed by atoms with Gasteiger partial charge in [0.05, 0.1) is 12.3 Å². The fourth-order valence-electron chi connectivity index (χ4n) is 2.86. The van der Waals surface area contributed by atoms with Crippen molar-refractivity contribution in [2.75, 3.05) is 0 Å². The summed E-state index contributed by atoms with van der Waals surface area (Å²) in [6.45, 7) is 2.08. The van der Waals surface area contributed by atoms with Crippen LogP contribution in [0.1, 0.15) is 26.2 Å². The number of hydrogen-bond donors (Lipinski definition) is 2. The molecule has 0 saturated heterocycles. The number of nitrogens with zero attached hydrogens (tertiary/aromatic N) is 1. The summed E-state index contributed by atoms with van der Waals surface area (Å²) in [5.74, 6) is 0.953. The molecule has 0 radical (unpaired) electrons. The molecule has 0 aromatic rings. The van der Waals surface area contributed by atoms with Crippen LogP contribution in [0.4, 0.5) is 0 Å². The first kappa shape index (κ1) is 8.05. The first-order valence-electron chi connectivity index (χ1n) is 4.55. The van der Waals surface area contributed by atoms with E-state index in [-0.39, 0.29) is 11.5 Å². The Balaban J connectivity index is 2.18. The van der Waals surface area contributed by atoms with Gasteiger partial charge in [-0.05, 0) is 31.1 Å². The summed E-state index contributed by atoms with van der Waals surface area (Å²) in [6.07, 6.45) is 4.51. The second kappa shape index (κ2) is 2.46. The lowest BCUT2D eigenvalue weighted by Gasteiger charge is -2.58. The standard InChI is InChI=1S/C9H15NO2/c1-9(5-10-12)6-2-3-8(11)7(9)4-6/h5-8,11-12H,2-4H2,1H3. The van der Waals surface area contributed by atoms with E-state index in [1.54, 1.807) is 6.21 Å². The van der Waals surface area contributed by atoms with Crippen molar-refractivity contribution >= 4 is 6.21 Å². The van der Waals surface area contributed by atoms with E-state index in [1.807, 2.05) is 0 Å². The topological polar surface area (TPSA) is 52.8 Å². The number of fused-ring (bicyclic) bond motifs is 2. The van der Waals surface area contributed by atoms with E-state index in [4.69, 9.17) is 5.21 Å². The van der Waals surface area contributed by atoms with Gasteiger partial charge in [0.2, 0.25) is 0 Å².